The summed E-state index contributed by atoms with van der Waals surface area (Å²) >= 11 is 0. The van der Waals surface area contributed by atoms with Crippen LogP contribution in [0.1, 0.15) is 49.9 Å². The van der Waals surface area contributed by atoms with Gasteiger partial charge >= 0.3 is 0 Å². The summed E-state index contributed by atoms with van der Waals surface area (Å²) in [5.41, 5.74) is -4.63. The Morgan fingerprint density at radius 1 is 0.548 bits per heavy atom. The summed E-state index contributed by atoms with van der Waals surface area (Å²) in [6.45, 7) is -2.00. The summed E-state index contributed by atoms with van der Waals surface area (Å²) in [5, 5.41) is -3.51. The first kappa shape index (κ1) is 9.89. The molecule has 0 fully saturated rings. The van der Waals surface area contributed by atoms with Gasteiger partial charge in [0.15, 0.2) is 0 Å². The average molecular weight is 563 g/mol. The molecule has 7 aromatic carbocycles. The Morgan fingerprint density at radius 3 is 1.76 bits per heavy atom. The molecule has 0 aliphatic carbocycles. The number of furan rings is 1. The highest BCUT2D eigenvalue weighted by molar-refractivity contribution is 6.26. The summed E-state index contributed by atoms with van der Waals surface area (Å²) in [6.07, 6.45) is 0. The molecule has 0 N–H and O–H groups in total. The molecule has 2 heterocycles. The van der Waals surface area contributed by atoms with Gasteiger partial charge in [0.05, 0.1) is 39.5 Å². The molecule has 0 radical (unpaired) electrons. The molecule has 198 valence electrons. The van der Waals surface area contributed by atoms with Crippen LogP contribution in [0.5, 0.6) is 5.75 Å². The number of hydrogen-bond donors (Lipinski definition) is 0. The zero-order chi connectivity index (χ0) is 48.5. The van der Waals surface area contributed by atoms with Gasteiger partial charge in [0.25, 0.3) is 0 Å². The first-order valence-corrected chi connectivity index (χ1v) is 12.5. The Hall–Kier alpha value is -5.34. The highest BCUT2D eigenvalue weighted by atomic mass is 16.5. The van der Waals surface area contributed by atoms with Crippen molar-refractivity contribution < 1.29 is 42.1 Å². The topological polar surface area (TPSA) is 22.4 Å². The predicted octanol–water partition coefficient (Wildman–Crippen LogP) is 10.8. The highest BCUT2D eigenvalue weighted by Crippen LogP contribution is 2.54. The van der Waals surface area contributed by atoms with Crippen LogP contribution >= 0.6 is 0 Å². The third-order valence-electron chi connectivity index (χ3n) is 7.14. The van der Waals surface area contributed by atoms with E-state index in [-0.39, 0.29) is 0 Å². The monoisotopic (exact) mass is 562 g/mol. The predicted molar refractivity (Wildman–Crippen MR) is 173 cm³/mol. The van der Waals surface area contributed by atoms with E-state index in [1.807, 2.05) is 0 Å². The summed E-state index contributed by atoms with van der Waals surface area (Å²) in [5.74, 6) is -2.37. The van der Waals surface area contributed by atoms with Gasteiger partial charge in [-0.15, -0.1) is 0 Å². The molecule has 0 amide bonds. The number of hydrogen-bond acceptors (Lipinski definition) is 2. The number of rotatable bonds is 3. The van der Waals surface area contributed by atoms with Gasteiger partial charge in [0, 0.05) is 33.4 Å². The molecule has 2 unspecified atom stereocenters. The van der Waals surface area contributed by atoms with Gasteiger partial charge in [0.1, 0.15) is 16.9 Å². The van der Waals surface area contributed by atoms with E-state index in [1.165, 1.54) is 0 Å². The second-order valence-electron chi connectivity index (χ2n) is 9.27. The standard InChI is InChI=1S/C40H26O2/c1-3-13-25(14-4-1)33-24-41-40-32(33)23-35-38(31-21-11-12-22-34(31)42-35)39(40)37-29-19-9-7-17-27(29)36(26-15-5-2-6-16-26)28-18-8-10-20-30(28)37/h1-23,33H,24H2/i1D,2D,3D,4D,5D,6D,7D,8D,9D,10D,11D,12D,13D,14D,15D,16D,17D,18D,19D,20D,21D,22D,23D,24D. The molecule has 8 aromatic rings. The molecule has 2 atom stereocenters. The van der Waals surface area contributed by atoms with E-state index in [2.05, 4.69) is 0 Å². The van der Waals surface area contributed by atoms with Crippen LogP contribution < -0.4 is 4.74 Å². The molecule has 0 spiro atoms. The van der Waals surface area contributed by atoms with Crippen LogP contribution in [0, 0.1) is 0 Å². The normalized spacial score (nSPS) is 24.3. The zero-order valence-corrected chi connectivity index (χ0v) is 21.0. The third kappa shape index (κ3) is 3.33. The lowest BCUT2D eigenvalue weighted by Gasteiger charge is -2.20. The summed E-state index contributed by atoms with van der Waals surface area (Å²) in [7, 11) is 0. The quantitative estimate of drug-likeness (QED) is 0.200. The lowest BCUT2D eigenvalue weighted by molar-refractivity contribution is 0.344. The van der Waals surface area contributed by atoms with Crippen LogP contribution in [0.2, 0.25) is 0 Å². The van der Waals surface area contributed by atoms with E-state index in [9.17, 15) is 8.22 Å². The molecular formula is C40H26O2. The minimum Gasteiger partial charge on any atom is -0.492 e. The van der Waals surface area contributed by atoms with Crippen LogP contribution in [0.4, 0.5) is 0 Å². The molecule has 2 heteroatoms. The largest absolute Gasteiger partial charge is 0.492 e. The molecule has 0 bridgehead atoms. The van der Waals surface area contributed by atoms with Crippen molar-refractivity contribution in [1.82, 2.24) is 0 Å². The number of benzene rings is 7. The van der Waals surface area contributed by atoms with Crippen molar-refractivity contribution in [2.45, 2.75) is 5.92 Å². The van der Waals surface area contributed by atoms with Crippen molar-refractivity contribution in [3.05, 3.63) is 150 Å². The molecule has 2 nitrogen and oxygen atoms in total. The fraction of sp³-hybridized carbons (Fsp3) is 0.0500. The van der Waals surface area contributed by atoms with Crippen molar-refractivity contribution in [3.63, 3.8) is 0 Å². The summed E-state index contributed by atoms with van der Waals surface area (Å²) < 4.78 is 225. The third-order valence-corrected chi connectivity index (χ3v) is 7.14. The maximum atomic E-state index is 9.61. The van der Waals surface area contributed by atoms with Crippen LogP contribution in [0.15, 0.2) is 143 Å². The van der Waals surface area contributed by atoms with Gasteiger partial charge in [0.2, 0.25) is 0 Å². The van der Waals surface area contributed by atoms with E-state index >= 15 is 0 Å². The first-order valence-electron chi connectivity index (χ1n) is 24.6. The van der Waals surface area contributed by atoms with Crippen LogP contribution in [-0.2, 0) is 0 Å². The fourth-order valence-electron chi connectivity index (χ4n) is 5.49. The van der Waals surface area contributed by atoms with Gasteiger partial charge in [-0.05, 0) is 50.3 Å². The van der Waals surface area contributed by atoms with Crippen molar-refractivity contribution in [1.29, 1.82) is 0 Å². The molecular weight excluding hydrogens is 512 g/mol. The zero-order valence-electron chi connectivity index (χ0n) is 45.0. The van der Waals surface area contributed by atoms with E-state index < -0.39 is 234 Å². The van der Waals surface area contributed by atoms with Crippen molar-refractivity contribution >= 4 is 43.5 Å². The second kappa shape index (κ2) is 9.09. The van der Waals surface area contributed by atoms with Gasteiger partial charge in [-0.2, -0.15) is 0 Å². The maximum Gasteiger partial charge on any atom is 0.136 e. The van der Waals surface area contributed by atoms with Crippen LogP contribution in [0.3, 0.4) is 0 Å². The Bertz CT molecular complexity index is 3500. The molecule has 42 heavy (non-hydrogen) atoms. The second-order valence-corrected chi connectivity index (χ2v) is 9.27. The van der Waals surface area contributed by atoms with Gasteiger partial charge < -0.3 is 9.15 Å². The van der Waals surface area contributed by atoms with Gasteiger partial charge in [-0.1, -0.05) is 127 Å². The first-order chi connectivity index (χ1) is 30.8. The smallest absolute Gasteiger partial charge is 0.136 e. The summed E-state index contributed by atoms with van der Waals surface area (Å²) in [4.78, 5) is 0. The molecule has 9 rings (SSSR count). The molecule has 0 saturated carbocycles. The van der Waals surface area contributed by atoms with Crippen LogP contribution in [-0.4, -0.2) is 6.58 Å². The highest BCUT2D eigenvalue weighted by Gasteiger charge is 2.33. The van der Waals surface area contributed by atoms with E-state index in [1.54, 1.807) is 0 Å². The fourth-order valence-corrected chi connectivity index (χ4v) is 5.49. The lowest BCUT2D eigenvalue weighted by Crippen LogP contribution is -2.01. The van der Waals surface area contributed by atoms with Crippen molar-refractivity contribution in [2.24, 2.45) is 0 Å². The Morgan fingerprint density at radius 2 is 1.10 bits per heavy atom. The SMILES string of the molecule is [2H]c1c([2H])c([2H])c(-c2c3c([2H])c([2H])c([2H])c([2H])c3c(-c3c4c(c([2H])c5oc6c([2H])c([2H])c([2H])c([2H])c6c35)C(c3c([2H])c([2H])c([2H])c([2H])c3[2H])C([2H])O4)c3c([2H])c([2H])c([2H])c([2H])c23)c([2H])c1[2H]. The Balaban J connectivity index is 1.68. The lowest BCUT2D eigenvalue weighted by atomic mass is 9.83. The minimum absolute atomic E-state index is 0.442. The number of fused-ring (bicyclic) bond motifs is 6. The molecule has 1 aliphatic rings. The van der Waals surface area contributed by atoms with Crippen molar-refractivity contribution in [3.8, 4) is 28.0 Å². The molecule has 1 aromatic heterocycles. The number of para-hydroxylation sites is 1. The summed E-state index contributed by atoms with van der Waals surface area (Å²) in [6, 6.07) is -19.9. The van der Waals surface area contributed by atoms with Gasteiger partial charge in [-0.3, -0.25) is 0 Å². The molecule has 1 aliphatic heterocycles. The van der Waals surface area contributed by atoms with E-state index in [0.29, 0.717) is 0 Å². The number of ether oxygens (including phenoxy) is 1. The van der Waals surface area contributed by atoms with E-state index in [4.69, 9.17) is 33.8 Å². The Kier molecular flexibility index (Phi) is 2.14. The average Bonchev–Trinajstić information content (AvgIpc) is 3.86. The minimum atomic E-state index is -2.00. The van der Waals surface area contributed by atoms with Crippen molar-refractivity contribution in [2.75, 3.05) is 6.58 Å². The molecule has 0 saturated heterocycles. The van der Waals surface area contributed by atoms with Crippen LogP contribution in [0.25, 0.3) is 65.7 Å². The Labute approximate surface area is 277 Å². The maximum absolute atomic E-state index is 9.61. The van der Waals surface area contributed by atoms with Gasteiger partial charge in [-0.25, -0.2) is 0 Å². The van der Waals surface area contributed by atoms with E-state index in [0.717, 1.165) is 0 Å².